The summed E-state index contributed by atoms with van der Waals surface area (Å²) in [7, 11) is 0. The summed E-state index contributed by atoms with van der Waals surface area (Å²) >= 11 is 5.26. The highest BCUT2D eigenvalue weighted by molar-refractivity contribution is 9.11. The molecule has 0 N–H and O–H groups in total. The van der Waals surface area contributed by atoms with Crippen LogP contribution < -0.4 is 0 Å². The van der Waals surface area contributed by atoms with E-state index in [0.29, 0.717) is 0 Å². The average Bonchev–Trinajstić information content (AvgIpc) is 2.00. The van der Waals surface area contributed by atoms with Crippen LogP contribution in [-0.2, 0) is 6.18 Å². The standard InChI is InChI=1S/C6HBr2F3N2O2/c7-2-1-12-5(6(9,10)11)3(8)4(2)13(14)15/h1H. The van der Waals surface area contributed by atoms with E-state index in [-0.39, 0.29) is 4.47 Å². The van der Waals surface area contributed by atoms with Crippen molar-refractivity contribution in [3.63, 3.8) is 0 Å². The predicted molar refractivity (Wildman–Crippen MR) is 51.3 cm³/mol. The Morgan fingerprint density at radius 3 is 2.33 bits per heavy atom. The third-order valence-corrected chi connectivity index (χ3v) is 2.73. The summed E-state index contributed by atoms with van der Waals surface area (Å²) in [6, 6.07) is 0. The Labute approximate surface area is 97.9 Å². The van der Waals surface area contributed by atoms with Crippen molar-refractivity contribution < 1.29 is 18.1 Å². The number of nitrogens with zero attached hydrogens (tertiary/aromatic N) is 2. The minimum atomic E-state index is -4.73. The lowest BCUT2D eigenvalue weighted by atomic mass is 10.3. The summed E-state index contributed by atoms with van der Waals surface area (Å²) in [6.45, 7) is 0. The molecule has 0 aliphatic heterocycles. The molecule has 15 heavy (non-hydrogen) atoms. The number of rotatable bonds is 1. The number of hydrogen-bond donors (Lipinski definition) is 0. The van der Waals surface area contributed by atoms with Crippen LogP contribution in [0, 0.1) is 10.1 Å². The number of nitro groups is 1. The Morgan fingerprint density at radius 2 is 1.93 bits per heavy atom. The lowest BCUT2D eigenvalue weighted by Crippen LogP contribution is -2.10. The molecule has 0 saturated heterocycles. The first kappa shape index (κ1) is 12.4. The summed E-state index contributed by atoms with van der Waals surface area (Å²) in [4.78, 5) is 12.6. The van der Waals surface area contributed by atoms with Crippen LogP contribution in [0.4, 0.5) is 18.9 Å². The summed E-state index contributed by atoms with van der Waals surface area (Å²) in [6.07, 6.45) is -3.99. The van der Waals surface area contributed by atoms with Gasteiger partial charge in [0.2, 0.25) is 0 Å². The molecule has 0 spiro atoms. The zero-order chi connectivity index (χ0) is 11.8. The first-order chi connectivity index (χ1) is 6.75. The van der Waals surface area contributed by atoms with Gasteiger partial charge < -0.3 is 0 Å². The van der Waals surface area contributed by atoms with E-state index in [1.54, 1.807) is 0 Å². The highest BCUT2D eigenvalue weighted by atomic mass is 79.9. The average molecular weight is 350 g/mol. The van der Waals surface area contributed by atoms with E-state index in [1.165, 1.54) is 0 Å². The topological polar surface area (TPSA) is 56.0 Å². The Kier molecular flexibility index (Phi) is 3.34. The zero-order valence-corrected chi connectivity index (χ0v) is 9.85. The largest absolute Gasteiger partial charge is 0.434 e. The van der Waals surface area contributed by atoms with Crippen molar-refractivity contribution in [3.8, 4) is 0 Å². The quantitative estimate of drug-likeness (QED) is 0.575. The molecule has 0 fully saturated rings. The fourth-order valence-electron chi connectivity index (χ4n) is 0.821. The van der Waals surface area contributed by atoms with Crippen molar-refractivity contribution in [2.24, 2.45) is 0 Å². The number of hydrogen-bond acceptors (Lipinski definition) is 3. The molecular formula is C6HBr2F3N2O2. The molecule has 1 aromatic heterocycles. The van der Waals surface area contributed by atoms with E-state index in [9.17, 15) is 23.3 Å². The molecule has 0 bridgehead atoms. The van der Waals surface area contributed by atoms with Crippen molar-refractivity contribution in [1.82, 2.24) is 4.98 Å². The Balaban J connectivity index is 3.49. The van der Waals surface area contributed by atoms with Gasteiger partial charge in [0.05, 0.1) is 4.92 Å². The predicted octanol–water partition coefficient (Wildman–Crippen LogP) is 3.53. The third kappa shape index (κ3) is 2.46. The second kappa shape index (κ2) is 4.05. The molecule has 0 amide bonds. The number of aromatic nitrogens is 1. The molecule has 4 nitrogen and oxygen atoms in total. The van der Waals surface area contributed by atoms with Gasteiger partial charge in [-0.25, -0.2) is 4.98 Å². The molecule has 1 heterocycles. The fraction of sp³-hybridized carbons (Fsp3) is 0.167. The molecular weight excluding hydrogens is 349 g/mol. The van der Waals surface area contributed by atoms with Crippen LogP contribution in [0.1, 0.15) is 5.69 Å². The molecule has 0 aliphatic rings. The van der Waals surface area contributed by atoms with Crippen LogP contribution in [-0.4, -0.2) is 9.91 Å². The second-order valence-electron chi connectivity index (χ2n) is 2.37. The van der Waals surface area contributed by atoms with E-state index in [0.717, 1.165) is 6.20 Å². The van der Waals surface area contributed by atoms with Crippen molar-refractivity contribution in [1.29, 1.82) is 0 Å². The van der Waals surface area contributed by atoms with E-state index in [4.69, 9.17) is 0 Å². The van der Waals surface area contributed by atoms with Crippen LogP contribution in [0.2, 0.25) is 0 Å². The van der Waals surface area contributed by atoms with Gasteiger partial charge in [-0.1, -0.05) is 0 Å². The van der Waals surface area contributed by atoms with Gasteiger partial charge in [-0.05, 0) is 31.9 Å². The van der Waals surface area contributed by atoms with Gasteiger partial charge in [-0.3, -0.25) is 10.1 Å². The van der Waals surface area contributed by atoms with Gasteiger partial charge in [0.25, 0.3) is 0 Å². The third-order valence-electron chi connectivity index (χ3n) is 1.40. The Hall–Kier alpha value is -0.700. The van der Waals surface area contributed by atoms with Gasteiger partial charge in [0.15, 0.2) is 5.69 Å². The lowest BCUT2D eigenvalue weighted by molar-refractivity contribution is -0.386. The molecule has 1 rings (SSSR count). The van der Waals surface area contributed by atoms with Crippen molar-refractivity contribution in [2.75, 3.05) is 0 Å². The first-order valence-corrected chi connectivity index (χ1v) is 4.89. The molecule has 1 aromatic rings. The summed E-state index contributed by atoms with van der Waals surface area (Å²) in [5, 5.41) is 10.5. The molecule has 9 heteroatoms. The Bertz CT molecular complexity index is 422. The van der Waals surface area contributed by atoms with Crippen LogP contribution in [0.5, 0.6) is 0 Å². The smallest absolute Gasteiger partial charge is 0.258 e. The molecule has 0 aliphatic carbocycles. The van der Waals surface area contributed by atoms with Crippen LogP contribution in [0.15, 0.2) is 15.1 Å². The minimum Gasteiger partial charge on any atom is -0.258 e. The minimum absolute atomic E-state index is 0.118. The van der Waals surface area contributed by atoms with E-state index < -0.39 is 27.0 Å². The van der Waals surface area contributed by atoms with Crippen molar-refractivity contribution in [2.45, 2.75) is 6.18 Å². The van der Waals surface area contributed by atoms with Gasteiger partial charge >= 0.3 is 11.9 Å². The molecule has 0 atom stereocenters. The highest BCUT2D eigenvalue weighted by Gasteiger charge is 2.38. The molecule has 0 unspecified atom stereocenters. The maximum absolute atomic E-state index is 12.3. The van der Waals surface area contributed by atoms with E-state index in [1.807, 2.05) is 0 Å². The summed E-state index contributed by atoms with van der Waals surface area (Å²) in [5.41, 5.74) is -2.02. The molecule has 82 valence electrons. The second-order valence-corrected chi connectivity index (χ2v) is 4.02. The summed E-state index contributed by atoms with van der Waals surface area (Å²) < 4.78 is 36.1. The van der Waals surface area contributed by atoms with Crippen LogP contribution >= 0.6 is 31.9 Å². The number of pyridine rings is 1. The summed E-state index contributed by atoms with van der Waals surface area (Å²) in [5.74, 6) is 0. The maximum Gasteiger partial charge on any atom is 0.434 e. The van der Waals surface area contributed by atoms with Crippen molar-refractivity contribution >= 4 is 37.5 Å². The van der Waals surface area contributed by atoms with Crippen molar-refractivity contribution in [3.05, 3.63) is 31.0 Å². The Morgan fingerprint density at radius 1 is 1.40 bits per heavy atom. The number of halogens is 5. The SMILES string of the molecule is O=[N+]([O-])c1c(Br)cnc(C(F)(F)F)c1Br. The monoisotopic (exact) mass is 348 g/mol. The molecule has 0 aromatic carbocycles. The van der Waals surface area contributed by atoms with Gasteiger partial charge in [-0.15, -0.1) is 0 Å². The normalized spacial score (nSPS) is 11.5. The zero-order valence-electron chi connectivity index (χ0n) is 6.68. The first-order valence-electron chi connectivity index (χ1n) is 3.30. The van der Waals surface area contributed by atoms with Crippen LogP contribution in [0.3, 0.4) is 0 Å². The lowest BCUT2D eigenvalue weighted by Gasteiger charge is -2.08. The van der Waals surface area contributed by atoms with Crippen LogP contribution in [0.25, 0.3) is 0 Å². The fourth-order valence-corrected chi connectivity index (χ4v) is 2.22. The van der Waals surface area contributed by atoms with Gasteiger partial charge in [0, 0.05) is 6.20 Å². The molecule has 0 saturated carbocycles. The van der Waals surface area contributed by atoms with E-state index in [2.05, 4.69) is 36.8 Å². The number of alkyl halides is 3. The van der Waals surface area contributed by atoms with Gasteiger partial charge in [-0.2, -0.15) is 13.2 Å². The van der Waals surface area contributed by atoms with E-state index >= 15 is 0 Å². The maximum atomic E-state index is 12.3. The molecule has 0 radical (unpaired) electrons. The highest BCUT2D eigenvalue weighted by Crippen LogP contribution is 2.40. The van der Waals surface area contributed by atoms with Gasteiger partial charge in [0.1, 0.15) is 8.95 Å².